The van der Waals surface area contributed by atoms with Crippen molar-refractivity contribution in [1.82, 2.24) is 0 Å². The van der Waals surface area contributed by atoms with Gasteiger partial charge in [0.25, 0.3) is 5.91 Å². The van der Waals surface area contributed by atoms with Crippen LogP contribution in [0.3, 0.4) is 0 Å². The molecule has 0 bridgehead atoms. The lowest BCUT2D eigenvalue weighted by atomic mass is 10.2. The standard InChI is InChI=1S/C21H16ClNO2S/c1-14-2-8-17(9-3-14)23-13-26-20(21(23)24)12-18-10-11-19(25-18)15-4-6-16(22)7-5-15/h2-12H,13H2,1H3/b20-12-. The van der Waals surface area contributed by atoms with E-state index in [1.54, 1.807) is 11.0 Å². The number of hydrogen-bond donors (Lipinski definition) is 0. The van der Waals surface area contributed by atoms with Crippen molar-refractivity contribution in [3.05, 3.63) is 81.9 Å². The maximum Gasteiger partial charge on any atom is 0.265 e. The van der Waals surface area contributed by atoms with Gasteiger partial charge in [-0.25, -0.2) is 0 Å². The van der Waals surface area contributed by atoms with E-state index >= 15 is 0 Å². The Morgan fingerprint density at radius 3 is 2.50 bits per heavy atom. The molecular formula is C21H16ClNO2S. The molecule has 2 aromatic carbocycles. The van der Waals surface area contributed by atoms with Crippen LogP contribution in [0, 0.1) is 6.92 Å². The van der Waals surface area contributed by atoms with Crippen molar-refractivity contribution in [3.8, 4) is 11.3 Å². The predicted molar refractivity (Wildman–Crippen MR) is 108 cm³/mol. The first-order valence-electron chi connectivity index (χ1n) is 8.19. The Morgan fingerprint density at radius 2 is 1.77 bits per heavy atom. The van der Waals surface area contributed by atoms with Crippen LogP contribution in [-0.2, 0) is 4.79 Å². The molecule has 0 radical (unpaired) electrons. The Kier molecular flexibility index (Phi) is 4.62. The maximum absolute atomic E-state index is 12.7. The third kappa shape index (κ3) is 3.43. The quantitative estimate of drug-likeness (QED) is 0.523. The summed E-state index contributed by atoms with van der Waals surface area (Å²) in [6.07, 6.45) is 1.81. The van der Waals surface area contributed by atoms with Crippen LogP contribution in [0.15, 0.2) is 70.0 Å². The van der Waals surface area contributed by atoms with Gasteiger partial charge in [0.2, 0.25) is 0 Å². The lowest BCUT2D eigenvalue weighted by molar-refractivity contribution is -0.113. The topological polar surface area (TPSA) is 33.5 Å². The first kappa shape index (κ1) is 17.0. The zero-order chi connectivity index (χ0) is 18.1. The fraction of sp³-hybridized carbons (Fsp3) is 0.0952. The number of carbonyl (C=O) groups is 1. The molecule has 1 amide bonds. The number of nitrogens with zero attached hydrogens (tertiary/aromatic N) is 1. The second kappa shape index (κ2) is 7.06. The normalized spacial score (nSPS) is 15.8. The lowest BCUT2D eigenvalue weighted by Gasteiger charge is -2.14. The van der Waals surface area contributed by atoms with Crippen LogP contribution in [0.2, 0.25) is 5.02 Å². The Labute approximate surface area is 161 Å². The molecule has 2 heterocycles. The number of amides is 1. The third-order valence-corrected chi connectivity index (χ3v) is 5.42. The molecule has 1 aliphatic rings. The molecule has 0 N–H and O–H groups in total. The zero-order valence-electron chi connectivity index (χ0n) is 14.1. The van der Waals surface area contributed by atoms with Gasteiger partial charge in [0.05, 0.1) is 10.8 Å². The average Bonchev–Trinajstić information content (AvgIpc) is 3.25. The highest BCUT2D eigenvalue weighted by molar-refractivity contribution is 8.04. The minimum absolute atomic E-state index is 0.00305. The number of carbonyl (C=O) groups excluding carboxylic acids is 1. The number of benzene rings is 2. The Bertz CT molecular complexity index is 974. The lowest BCUT2D eigenvalue weighted by Crippen LogP contribution is -2.24. The molecule has 1 saturated heterocycles. The summed E-state index contributed by atoms with van der Waals surface area (Å²) < 4.78 is 5.87. The molecule has 26 heavy (non-hydrogen) atoms. The second-order valence-corrected chi connectivity index (χ2v) is 7.48. The van der Waals surface area contributed by atoms with E-state index in [2.05, 4.69) is 0 Å². The monoisotopic (exact) mass is 381 g/mol. The van der Waals surface area contributed by atoms with E-state index in [1.165, 1.54) is 17.3 Å². The molecule has 0 aliphatic carbocycles. The predicted octanol–water partition coefficient (Wildman–Crippen LogP) is 5.99. The largest absolute Gasteiger partial charge is 0.457 e. The zero-order valence-corrected chi connectivity index (χ0v) is 15.7. The van der Waals surface area contributed by atoms with Crippen LogP contribution >= 0.6 is 23.4 Å². The first-order chi connectivity index (χ1) is 12.6. The summed E-state index contributed by atoms with van der Waals surface area (Å²) in [5, 5.41) is 0.687. The van der Waals surface area contributed by atoms with E-state index in [9.17, 15) is 4.79 Å². The van der Waals surface area contributed by atoms with Gasteiger partial charge in [0, 0.05) is 16.3 Å². The van der Waals surface area contributed by atoms with Gasteiger partial charge in [-0.05, 0) is 61.5 Å². The molecule has 130 valence electrons. The number of hydrogen-bond acceptors (Lipinski definition) is 3. The van der Waals surface area contributed by atoms with Crippen molar-refractivity contribution >= 4 is 41.0 Å². The van der Waals surface area contributed by atoms with Crippen molar-refractivity contribution in [2.24, 2.45) is 0 Å². The summed E-state index contributed by atoms with van der Waals surface area (Å²) in [5.41, 5.74) is 3.04. The Balaban J connectivity index is 1.55. The number of halogens is 1. The van der Waals surface area contributed by atoms with Crippen molar-refractivity contribution in [2.45, 2.75) is 6.92 Å². The summed E-state index contributed by atoms with van der Waals surface area (Å²) in [6, 6.07) is 19.2. The third-order valence-electron chi connectivity index (χ3n) is 4.18. The summed E-state index contributed by atoms with van der Waals surface area (Å²) in [6.45, 7) is 2.03. The van der Waals surface area contributed by atoms with Gasteiger partial charge >= 0.3 is 0 Å². The van der Waals surface area contributed by atoms with Crippen LogP contribution in [0.1, 0.15) is 11.3 Å². The highest BCUT2D eigenvalue weighted by atomic mass is 35.5. The van der Waals surface area contributed by atoms with Gasteiger partial charge in [-0.15, -0.1) is 0 Å². The number of anilines is 1. The smallest absolute Gasteiger partial charge is 0.265 e. The van der Waals surface area contributed by atoms with Gasteiger partial charge in [-0.2, -0.15) is 0 Å². The highest BCUT2D eigenvalue weighted by Gasteiger charge is 2.28. The van der Waals surface area contributed by atoms with E-state index in [-0.39, 0.29) is 5.91 Å². The van der Waals surface area contributed by atoms with Gasteiger partial charge in [-0.1, -0.05) is 41.1 Å². The van der Waals surface area contributed by atoms with Crippen molar-refractivity contribution in [3.63, 3.8) is 0 Å². The van der Waals surface area contributed by atoms with Crippen LogP contribution in [0.5, 0.6) is 0 Å². The van der Waals surface area contributed by atoms with E-state index in [1.807, 2.05) is 67.6 Å². The fourth-order valence-corrected chi connectivity index (χ4v) is 3.83. The molecule has 0 atom stereocenters. The number of thioether (sulfide) groups is 1. The molecule has 3 nitrogen and oxygen atoms in total. The van der Waals surface area contributed by atoms with E-state index in [0.29, 0.717) is 21.6 Å². The van der Waals surface area contributed by atoms with Gasteiger partial charge in [0.15, 0.2) is 0 Å². The van der Waals surface area contributed by atoms with E-state index < -0.39 is 0 Å². The van der Waals surface area contributed by atoms with Gasteiger partial charge in [0.1, 0.15) is 11.5 Å². The van der Waals surface area contributed by atoms with E-state index in [0.717, 1.165) is 17.0 Å². The molecular weight excluding hydrogens is 366 g/mol. The SMILES string of the molecule is Cc1ccc(N2CS/C(=C\c3ccc(-c4ccc(Cl)cc4)o3)C2=O)cc1. The summed E-state index contributed by atoms with van der Waals surface area (Å²) in [4.78, 5) is 15.1. The molecule has 3 aromatic rings. The van der Waals surface area contributed by atoms with Gasteiger partial charge in [-0.3, -0.25) is 9.69 Å². The molecule has 5 heteroatoms. The number of aryl methyl sites for hydroxylation is 1. The van der Waals surface area contributed by atoms with Crippen molar-refractivity contribution in [2.75, 3.05) is 10.8 Å². The van der Waals surface area contributed by atoms with Crippen LogP contribution in [0.25, 0.3) is 17.4 Å². The van der Waals surface area contributed by atoms with Crippen LogP contribution in [-0.4, -0.2) is 11.8 Å². The number of rotatable bonds is 3. The second-order valence-electron chi connectivity index (χ2n) is 6.06. The number of furan rings is 1. The van der Waals surface area contributed by atoms with Crippen molar-refractivity contribution < 1.29 is 9.21 Å². The van der Waals surface area contributed by atoms with E-state index in [4.69, 9.17) is 16.0 Å². The summed E-state index contributed by atoms with van der Waals surface area (Å²) in [5.74, 6) is 2.03. The summed E-state index contributed by atoms with van der Waals surface area (Å²) in [7, 11) is 0. The molecule has 0 saturated carbocycles. The average molecular weight is 382 g/mol. The van der Waals surface area contributed by atoms with Crippen LogP contribution < -0.4 is 4.90 Å². The molecule has 1 fully saturated rings. The Morgan fingerprint density at radius 1 is 1.04 bits per heavy atom. The minimum atomic E-state index is 0.00305. The van der Waals surface area contributed by atoms with Crippen molar-refractivity contribution in [1.29, 1.82) is 0 Å². The molecule has 0 spiro atoms. The molecule has 1 aromatic heterocycles. The Hall–Kier alpha value is -2.43. The fourth-order valence-electron chi connectivity index (χ4n) is 2.74. The maximum atomic E-state index is 12.7. The molecule has 0 unspecified atom stereocenters. The molecule has 1 aliphatic heterocycles. The molecule has 4 rings (SSSR count). The highest BCUT2D eigenvalue weighted by Crippen LogP contribution is 2.34. The minimum Gasteiger partial charge on any atom is -0.457 e. The summed E-state index contributed by atoms with van der Waals surface area (Å²) >= 11 is 7.44. The van der Waals surface area contributed by atoms with Gasteiger partial charge < -0.3 is 4.42 Å². The first-order valence-corrected chi connectivity index (χ1v) is 9.55. The van der Waals surface area contributed by atoms with Crippen LogP contribution in [0.4, 0.5) is 5.69 Å².